The molecule has 0 radical (unpaired) electrons. The molecule has 6 N–H and O–H groups in total. The van der Waals surface area contributed by atoms with Crippen LogP contribution in [0.5, 0.6) is 0 Å². The van der Waals surface area contributed by atoms with E-state index in [1.807, 2.05) is 118 Å². The first-order valence-corrected chi connectivity index (χ1v) is 40.2. The largest absolute Gasteiger partial charge is 0.467 e. The molecule has 115 heavy (non-hydrogen) atoms. The van der Waals surface area contributed by atoms with Gasteiger partial charge in [0.05, 0.1) is 116 Å². The molecule has 0 aliphatic carbocycles. The minimum Gasteiger partial charge on any atom is -0.467 e. The monoisotopic (exact) mass is 1610 g/mol. The Kier molecular flexibility index (Phi) is 21.5. The predicted molar refractivity (Wildman–Crippen MR) is 440 cm³/mol. The van der Waals surface area contributed by atoms with Crippen LogP contribution in [0.3, 0.4) is 0 Å². The normalized spacial score (nSPS) is 16.9. The van der Waals surface area contributed by atoms with Gasteiger partial charge in [0.25, 0.3) is 17.7 Å². The number of piperidine rings is 1. The number of thiophene rings is 3. The smallest absolute Gasteiger partial charge is 0.410 e. The van der Waals surface area contributed by atoms with Crippen molar-refractivity contribution in [2.75, 3.05) is 174 Å². The van der Waals surface area contributed by atoms with E-state index >= 15 is 0 Å². The molecule has 4 aromatic carbocycles. The van der Waals surface area contributed by atoms with Gasteiger partial charge in [0.2, 0.25) is 0 Å². The van der Waals surface area contributed by atoms with Gasteiger partial charge in [-0.3, -0.25) is 14.4 Å². The summed E-state index contributed by atoms with van der Waals surface area (Å²) in [6, 6.07) is 33.4. The van der Waals surface area contributed by atoms with Crippen LogP contribution in [0.4, 0.5) is 99.2 Å². The van der Waals surface area contributed by atoms with E-state index in [4.69, 9.17) is 28.1 Å². The Bertz CT molecular complexity index is 5460. The summed E-state index contributed by atoms with van der Waals surface area (Å²) < 4.78 is 32.5. The van der Waals surface area contributed by atoms with Gasteiger partial charge in [-0.25, -0.2) is 63.8 Å². The number of morpholine rings is 4. The van der Waals surface area contributed by atoms with Crippen LogP contribution in [-0.4, -0.2) is 207 Å². The highest BCUT2D eigenvalue weighted by Gasteiger charge is 2.39. The van der Waals surface area contributed by atoms with Crippen LogP contribution in [0.25, 0.3) is 30.6 Å². The number of furan rings is 1. The molecule has 0 unspecified atom stereocenters. The van der Waals surface area contributed by atoms with E-state index in [9.17, 15) is 33.6 Å². The number of nitrogens with zero attached hydrogens (tertiary/aromatic N) is 14. The average molecular weight is 1610 g/mol. The molecule has 33 nitrogen and oxygen atoms in total. The van der Waals surface area contributed by atoms with E-state index in [1.54, 1.807) is 23.3 Å². The molecule has 7 aromatic heterocycles. The summed E-state index contributed by atoms with van der Waals surface area (Å²) in [6.45, 7) is 19.0. The minimum absolute atomic E-state index is 0.107. The van der Waals surface area contributed by atoms with Crippen LogP contribution in [0.2, 0.25) is 0 Å². The molecule has 8 aliphatic heterocycles. The molecule has 15 heterocycles. The topological polar surface area (TPSA) is 354 Å². The molecule has 592 valence electrons. The quantitative estimate of drug-likeness (QED) is 0.0589. The standard InChI is InChI=1S/C28H33N7O5S.C28H27N7O4S.C23H20N6O4S/c1-28(2,3)40-27(38)34-10-8-17(9-11-34)31-24(36)22-21-20-23(29-16-30-25(20)41-22)35(26(37)32-21)19-6-4-18(5-7-19)33-12-14-39-15-13-33;36-26(31-18-1-3-19(4-2-18)33-9-13-38-14-10-33)24-23-22-25(29-17-30-27(22)40-24)35(28(37)32-23)21-7-5-20(6-8-21)34-11-15-39-16-12-34;30-21(24-12-16-2-1-9-33-16)19-18-17-20(25-13-26-22(17)34-19)29(23(31)27-18)15-5-3-14(4-6-15)28-7-10-32-11-8-28/h4-7,16-17H,8-15H2,1-3H3,(H,31,36)(H,32,37);1-8,17H,9-16H2,(H,31,36)(H,32,37);1-6,9,13H,7-8,10-12H2,(H,24,30)(H,27,31). The van der Waals surface area contributed by atoms with E-state index in [-0.39, 0.29) is 48.5 Å². The minimum atomic E-state index is -0.557. The SMILES string of the molecule is CC(C)(C)OC(=O)N1CCC(NC(=O)c2sc3ncnc4c3c2NC(=O)N4c2ccc(N3CCOCC3)cc2)CC1.O=C(NCc1ccco1)c1sc2ncnc3c2c1NC(=O)N3c1ccc(N2CCOCC2)cc1.O=C(Nc1ccc(N2CCOCC2)cc1)c1sc2ncnc3c2c1NC(=O)N3c1ccc(N2CCOCC2)cc1. The molecule has 19 rings (SSSR count). The van der Waals surface area contributed by atoms with Gasteiger partial charge in [-0.2, -0.15) is 0 Å². The van der Waals surface area contributed by atoms with Crippen LogP contribution >= 0.6 is 34.0 Å². The Labute approximate surface area is 670 Å². The zero-order valence-electron chi connectivity index (χ0n) is 62.9. The summed E-state index contributed by atoms with van der Waals surface area (Å²) in [5.74, 6) is 1.06. The fourth-order valence-corrected chi connectivity index (χ4v) is 17.7. The molecule has 0 bridgehead atoms. The van der Waals surface area contributed by atoms with Crippen LogP contribution in [0.15, 0.2) is 139 Å². The van der Waals surface area contributed by atoms with Crippen molar-refractivity contribution in [3.63, 3.8) is 0 Å². The second kappa shape index (κ2) is 32.7. The van der Waals surface area contributed by atoms with Gasteiger partial charge in [0.15, 0.2) is 17.5 Å². The number of carbonyl (C=O) groups excluding carboxylic acids is 7. The summed E-state index contributed by atoms with van der Waals surface area (Å²) in [7, 11) is 0. The lowest BCUT2D eigenvalue weighted by Crippen LogP contribution is -2.47. The number of nitrogens with one attached hydrogen (secondary N) is 6. The number of ether oxygens (including phenoxy) is 5. The number of hydrogen-bond donors (Lipinski definition) is 6. The molecular formula is C79H80N20O13S3. The number of rotatable bonds is 14. The summed E-state index contributed by atoms with van der Waals surface area (Å²) >= 11 is 3.67. The highest BCUT2D eigenvalue weighted by Crippen LogP contribution is 2.49. The Morgan fingerprint density at radius 2 is 0.800 bits per heavy atom. The number of likely N-dealkylation sites (tertiary alicyclic amines) is 1. The second-order valence-electron chi connectivity index (χ2n) is 28.8. The number of amides is 10. The lowest BCUT2D eigenvalue weighted by Gasteiger charge is -2.33. The van der Waals surface area contributed by atoms with Gasteiger partial charge in [-0.05, 0) is 143 Å². The van der Waals surface area contributed by atoms with Crippen molar-refractivity contribution in [3.8, 4) is 0 Å². The fraction of sp³-hybridized carbons (Fsp3) is 0.329. The molecule has 10 amide bonds. The van der Waals surface area contributed by atoms with Crippen molar-refractivity contribution in [1.29, 1.82) is 0 Å². The number of urea groups is 3. The number of hydrogen-bond acceptors (Lipinski definition) is 26. The first kappa shape index (κ1) is 75.5. The molecule has 8 aliphatic rings. The van der Waals surface area contributed by atoms with Crippen molar-refractivity contribution in [2.24, 2.45) is 0 Å². The highest BCUT2D eigenvalue weighted by molar-refractivity contribution is 7.22. The van der Waals surface area contributed by atoms with Crippen molar-refractivity contribution < 1.29 is 61.7 Å². The van der Waals surface area contributed by atoms with Gasteiger partial charge in [-0.15, -0.1) is 34.0 Å². The number of anilines is 14. The third-order valence-electron chi connectivity index (χ3n) is 20.4. The zero-order valence-corrected chi connectivity index (χ0v) is 65.4. The third-order valence-corrected chi connectivity index (χ3v) is 23.7. The summed E-state index contributed by atoms with van der Waals surface area (Å²) in [5.41, 5.74) is 7.72. The number of benzene rings is 4. The second-order valence-corrected chi connectivity index (χ2v) is 31.8. The van der Waals surface area contributed by atoms with Gasteiger partial charge in [0, 0.05) is 99.9 Å². The van der Waals surface area contributed by atoms with Gasteiger partial charge < -0.3 is 84.5 Å². The first-order chi connectivity index (χ1) is 56.0. The van der Waals surface area contributed by atoms with E-state index in [1.165, 1.54) is 67.7 Å². The van der Waals surface area contributed by atoms with E-state index < -0.39 is 11.6 Å². The van der Waals surface area contributed by atoms with Crippen molar-refractivity contribution in [3.05, 3.63) is 155 Å². The lowest BCUT2D eigenvalue weighted by molar-refractivity contribution is 0.0199. The Morgan fingerprint density at radius 3 is 1.16 bits per heavy atom. The van der Waals surface area contributed by atoms with Crippen LogP contribution in [0.1, 0.15) is 68.4 Å². The molecule has 0 spiro atoms. The summed E-state index contributed by atoms with van der Waals surface area (Å²) in [4.78, 5) is 137. The van der Waals surface area contributed by atoms with Crippen LogP contribution in [-0.2, 0) is 30.2 Å². The predicted octanol–water partition coefficient (Wildman–Crippen LogP) is 12.4. The maximum atomic E-state index is 13.4. The van der Waals surface area contributed by atoms with E-state index in [2.05, 4.69) is 81.4 Å². The Morgan fingerprint density at radius 1 is 0.452 bits per heavy atom. The average Bonchev–Trinajstić information content (AvgIpc) is 1.62. The highest BCUT2D eigenvalue weighted by atomic mass is 32.1. The third kappa shape index (κ3) is 15.9. The van der Waals surface area contributed by atoms with Gasteiger partial charge in [0.1, 0.15) is 59.5 Å². The molecule has 5 saturated heterocycles. The Balaban J connectivity index is 0.000000125. The van der Waals surface area contributed by atoms with Crippen molar-refractivity contribution >= 4 is 187 Å². The van der Waals surface area contributed by atoms with Gasteiger partial charge in [-0.1, -0.05) is 0 Å². The zero-order chi connectivity index (χ0) is 78.8. The number of carbonyl (C=O) groups is 7. The maximum absolute atomic E-state index is 13.4. The van der Waals surface area contributed by atoms with Crippen molar-refractivity contribution in [1.82, 2.24) is 45.4 Å². The molecule has 5 fully saturated rings. The number of aromatic nitrogens is 6. The van der Waals surface area contributed by atoms with E-state index in [0.29, 0.717) is 187 Å². The molecule has 11 aromatic rings. The van der Waals surface area contributed by atoms with Crippen molar-refractivity contribution in [2.45, 2.75) is 51.8 Å². The van der Waals surface area contributed by atoms with E-state index in [0.717, 1.165) is 75.1 Å². The molecule has 36 heteroatoms. The molecule has 0 atom stereocenters. The summed E-state index contributed by atoms with van der Waals surface area (Å²) in [6.07, 6.45) is 6.68. The fourth-order valence-electron chi connectivity index (χ4n) is 14.7. The van der Waals surface area contributed by atoms with Gasteiger partial charge >= 0.3 is 24.2 Å². The Hall–Kier alpha value is -12.2. The molecule has 0 saturated carbocycles. The van der Waals surface area contributed by atoms with Crippen LogP contribution in [0, 0.1) is 0 Å². The lowest BCUT2D eigenvalue weighted by atomic mass is 10.1. The summed E-state index contributed by atoms with van der Waals surface area (Å²) in [5, 5.41) is 19.5. The first-order valence-electron chi connectivity index (χ1n) is 37.8. The van der Waals surface area contributed by atoms with Crippen LogP contribution < -0.4 is 66.2 Å². The maximum Gasteiger partial charge on any atom is 0.410 e. The molecular weight excluding hydrogens is 1530 g/mol.